The van der Waals surface area contributed by atoms with Gasteiger partial charge in [-0.25, -0.2) is 9.78 Å². The molecular formula is C24H23N4O4S2+. The number of nitrogens with zero attached hydrogens (tertiary/aromatic N) is 4. The maximum atomic E-state index is 12.5. The number of thiazole rings is 1. The first kappa shape index (κ1) is 22.7. The molecule has 1 amide bonds. The number of aliphatic hydroxyl groups excluding tert-OH is 1. The number of carbonyl (C=O) groups is 2. The maximum absolute atomic E-state index is 12.5. The lowest BCUT2D eigenvalue weighted by molar-refractivity contribution is -0.163. The predicted octanol–water partition coefficient (Wildman–Crippen LogP) is 3.64. The summed E-state index contributed by atoms with van der Waals surface area (Å²) in [4.78, 5) is 37.2. The van der Waals surface area contributed by atoms with Crippen LogP contribution in [0.5, 0.6) is 0 Å². The zero-order valence-corrected chi connectivity index (χ0v) is 20.4. The molecule has 8 nitrogen and oxygen atoms in total. The number of hydrogen-bond acceptors (Lipinski definition) is 8. The van der Waals surface area contributed by atoms with Crippen molar-refractivity contribution in [2.75, 3.05) is 0 Å². The molecule has 3 aliphatic rings. The van der Waals surface area contributed by atoms with E-state index in [2.05, 4.69) is 11.3 Å². The van der Waals surface area contributed by atoms with Crippen molar-refractivity contribution in [3.05, 3.63) is 57.7 Å². The van der Waals surface area contributed by atoms with Crippen LogP contribution in [0.15, 0.2) is 61.5 Å². The van der Waals surface area contributed by atoms with Crippen LogP contribution >= 0.6 is 23.1 Å². The highest BCUT2D eigenvalue weighted by atomic mass is 32.2. The van der Waals surface area contributed by atoms with E-state index in [0.29, 0.717) is 15.8 Å². The Bertz CT molecular complexity index is 1250. The van der Waals surface area contributed by atoms with Crippen LogP contribution in [0, 0.1) is 11.8 Å². The Labute approximate surface area is 205 Å². The third-order valence-corrected chi connectivity index (χ3v) is 8.52. The average Bonchev–Trinajstić information content (AvgIpc) is 3.47. The van der Waals surface area contributed by atoms with Gasteiger partial charge in [0, 0.05) is 28.7 Å². The molecule has 1 saturated heterocycles. The number of carbonyl (C=O) groups excluding carboxylic acids is 1. The Kier molecular flexibility index (Phi) is 5.77. The van der Waals surface area contributed by atoms with Crippen LogP contribution in [0.1, 0.15) is 26.3 Å². The number of β-lactam (4-membered cyclic amide) rings is 1. The Morgan fingerprint density at radius 2 is 2.06 bits per heavy atom. The zero-order valence-electron chi connectivity index (χ0n) is 18.8. The second-order valence-electron chi connectivity index (χ2n) is 8.68. The molecule has 174 valence electrons. The van der Waals surface area contributed by atoms with Gasteiger partial charge in [-0.15, -0.1) is 11.3 Å². The number of benzene rings is 1. The van der Waals surface area contributed by atoms with Gasteiger partial charge in [-0.3, -0.25) is 4.79 Å². The molecule has 4 heterocycles. The van der Waals surface area contributed by atoms with Crippen molar-refractivity contribution in [3.8, 4) is 11.3 Å². The van der Waals surface area contributed by atoms with E-state index in [1.54, 1.807) is 6.92 Å². The van der Waals surface area contributed by atoms with Gasteiger partial charge >= 0.3 is 5.97 Å². The lowest BCUT2D eigenvalue weighted by atomic mass is 9.79. The molecule has 1 fully saturated rings. The van der Waals surface area contributed by atoms with Crippen LogP contribution in [-0.2, 0) is 16.1 Å². The van der Waals surface area contributed by atoms with Gasteiger partial charge in [-0.1, -0.05) is 43.0 Å². The molecule has 1 unspecified atom stereocenters. The molecular weight excluding hydrogens is 472 g/mol. The summed E-state index contributed by atoms with van der Waals surface area (Å²) < 4.78 is 0.715. The highest BCUT2D eigenvalue weighted by Crippen LogP contribution is 2.52. The van der Waals surface area contributed by atoms with Crippen molar-refractivity contribution >= 4 is 41.3 Å². The zero-order chi connectivity index (χ0) is 24.1. The summed E-state index contributed by atoms with van der Waals surface area (Å²) in [6.07, 6.45) is 4.07. The number of aliphatic carboxylic acids is 1. The van der Waals surface area contributed by atoms with E-state index in [-0.39, 0.29) is 23.6 Å². The predicted molar refractivity (Wildman–Crippen MR) is 130 cm³/mol. The van der Waals surface area contributed by atoms with Crippen LogP contribution in [0.25, 0.3) is 11.3 Å². The van der Waals surface area contributed by atoms with Gasteiger partial charge < -0.3 is 15.1 Å². The number of aliphatic hydroxyl groups is 1. The quantitative estimate of drug-likeness (QED) is 0.446. The number of aromatic nitrogens is 1. The second-order valence-corrected chi connectivity index (χ2v) is 10.8. The number of carboxylic acids is 1. The number of thioether (sulfide) groups is 1. The van der Waals surface area contributed by atoms with Gasteiger partial charge in [0.05, 0.1) is 30.3 Å². The van der Waals surface area contributed by atoms with Crippen LogP contribution in [0.4, 0.5) is 0 Å². The highest BCUT2D eigenvalue weighted by molar-refractivity contribution is 8.04. The molecule has 2 aromatic rings. The molecule has 0 radical (unpaired) electrons. The SMILES string of the molecule is CC1=CN(Cc2ccc(-c3csc(SC4=C(C(=O)O)N5C(=O)[C@@H](C(C)O)[C@@H]5[C@H]4C)n3)cc2)[C+]=N1. The van der Waals surface area contributed by atoms with E-state index in [4.69, 9.17) is 4.98 Å². The Morgan fingerprint density at radius 1 is 1.32 bits per heavy atom. The number of aliphatic imine (C=N–C) groups is 1. The Morgan fingerprint density at radius 3 is 2.68 bits per heavy atom. The van der Waals surface area contributed by atoms with Crippen LogP contribution in [0.2, 0.25) is 0 Å². The van der Waals surface area contributed by atoms with Crippen molar-refractivity contribution in [1.29, 1.82) is 0 Å². The van der Waals surface area contributed by atoms with E-state index in [1.807, 2.05) is 54.6 Å². The molecule has 3 aliphatic heterocycles. The van der Waals surface area contributed by atoms with E-state index < -0.39 is 18.0 Å². The number of amides is 1. The molecule has 0 bridgehead atoms. The van der Waals surface area contributed by atoms with Gasteiger partial charge in [-0.05, 0) is 17.5 Å². The average molecular weight is 496 g/mol. The molecule has 2 N–H and O–H groups in total. The maximum Gasteiger partial charge on any atom is 0.353 e. The van der Waals surface area contributed by atoms with Gasteiger partial charge in [0.25, 0.3) is 6.34 Å². The normalized spacial score (nSPS) is 24.2. The molecule has 0 aliphatic carbocycles. The summed E-state index contributed by atoms with van der Waals surface area (Å²) in [7, 11) is 0. The van der Waals surface area contributed by atoms with Crippen LogP contribution < -0.4 is 0 Å². The summed E-state index contributed by atoms with van der Waals surface area (Å²) in [5, 5.41) is 21.8. The largest absolute Gasteiger partial charge is 0.477 e. The van der Waals surface area contributed by atoms with Crippen LogP contribution in [-0.4, -0.2) is 55.4 Å². The molecule has 0 spiro atoms. The number of fused-ring (bicyclic) bond motifs is 1. The minimum Gasteiger partial charge on any atom is -0.477 e. The van der Waals surface area contributed by atoms with E-state index in [0.717, 1.165) is 22.5 Å². The van der Waals surface area contributed by atoms with Gasteiger partial charge in [0.15, 0.2) is 10.5 Å². The van der Waals surface area contributed by atoms with Crippen molar-refractivity contribution < 1.29 is 19.8 Å². The standard InChI is InChI=1S/C24H22N4O4S2/c1-12-8-27(11-25-12)9-15-4-6-16(7-5-15)17-10-33-24(26-17)34-21-13(2)19-18(14(3)29)22(30)28(19)20(21)23(31)32/h4-8,10,13-14,18-19,29H,9H2,1-3H3/p+1/t13-,14?,18+,19+/m1/s1. The fourth-order valence-electron chi connectivity index (χ4n) is 4.67. The van der Waals surface area contributed by atoms with Crippen molar-refractivity contribution in [2.24, 2.45) is 16.8 Å². The van der Waals surface area contributed by atoms with E-state index in [1.165, 1.54) is 28.0 Å². The summed E-state index contributed by atoms with van der Waals surface area (Å²) in [6, 6.07) is 7.79. The molecule has 10 heteroatoms. The highest BCUT2D eigenvalue weighted by Gasteiger charge is 2.60. The summed E-state index contributed by atoms with van der Waals surface area (Å²) in [5.41, 5.74) is 3.85. The summed E-state index contributed by atoms with van der Waals surface area (Å²) in [6.45, 7) is 6.10. The van der Waals surface area contributed by atoms with Crippen molar-refractivity contribution in [1.82, 2.24) is 14.8 Å². The van der Waals surface area contributed by atoms with Crippen LogP contribution in [0.3, 0.4) is 0 Å². The van der Waals surface area contributed by atoms with Gasteiger partial charge in [0.2, 0.25) is 11.6 Å². The molecule has 1 aromatic heterocycles. The van der Waals surface area contributed by atoms with Gasteiger partial charge in [0.1, 0.15) is 5.70 Å². The monoisotopic (exact) mass is 495 g/mol. The molecule has 0 saturated carbocycles. The van der Waals surface area contributed by atoms with Gasteiger partial charge in [-0.2, -0.15) is 4.90 Å². The van der Waals surface area contributed by atoms with Crippen molar-refractivity contribution in [2.45, 2.75) is 43.8 Å². The second kappa shape index (κ2) is 8.63. The molecule has 1 aromatic carbocycles. The Balaban J connectivity index is 1.33. The number of rotatable bonds is 7. The third kappa shape index (κ3) is 3.82. The molecule has 4 atom stereocenters. The Hall–Kier alpha value is -3.04. The number of carboxylic acid groups (broad SMARTS) is 1. The fourth-order valence-corrected chi connectivity index (χ4v) is 6.77. The third-order valence-electron chi connectivity index (χ3n) is 6.29. The number of hydrogen-bond donors (Lipinski definition) is 2. The summed E-state index contributed by atoms with van der Waals surface area (Å²) >= 11 is 2.74. The minimum absolute atomic E-state index is 0.0112. The summed E-state index contributed by atoms with van der Waals surface area (Å²) in [5.74, 6) is -2.23. The lowest BCUT2D eigenvalue weighted by Crippen LogP contribution is -2.63. The topological polar surface area (TPSA) is 106 Å². The lowest BCUT2D eigenvalue weighted by Gasteiger charge is -2.46. The fraction of sp³-hybridized carbons (Fsp3) is 0.333. The molecule has 5 rings (SSSR count). The first-order valence-electron chi connectivity index (χ1n) is 10.9. The molecule has 34 heavy (non-hydrogen) atoms. The van der Waals surface area contributed by atoms with E-state index >= 15 is 0 Å². The first-order chi connectivity index (χ1) is 16.2. The smallest absolute Gasteiger partial charge is 0.353 e. The number of allylic oxidation sites excluding steroid dienone is 1. The minimum atomic E-state index is -1.13. The van der Waals surface area contributed by atoms with Crippen molar-refractivity contribution in [3.63, 3.8) is 0 Å². The van der Waals surface area contributed by atoms with E-state index in [9.17, 15) is 19.8 Å². The first-order valence-corrected chi connectivity index (χ1v) is 12.6.